The van der Waals surface area contributed by atoms with Crippen molar-refractivity contribution in [2.24, 2.45) is 0 Å². The van der Waals surface area contributed by atoms with E-state index in [0.717, 1.165) is 18.7 Å². The van der Waals surface area contributed by atoms with Gasteiger partial charge in [0.1, 0.15) is 5.82 Å². The summed E-state index contributed by atoms with van der Waals surface area (Å²) < 4.78 is 13.2. The van der Waals surface area contributed by atoms with Gasteiger partial charge in [0.25, 0.3) is 0 Å². The van der Waals surface area contributed by atoms with Crippen LogP contribution in [-0.4, -0.2) is 31.1 Å². The molecule has 2 rings (SSSR count). The zero-order valence-electron chi connectivity index (χ0n) is 8.33. The van der Waals surface area contributed by atoms with E-state index in [2.05, 4.69) is 17.3 Å². The van der Waals surface area contributed by atoms with Gasteiger partial charge >= 0.3 is 0 Å². The molecule has 1 aromatic rings. The molecule has 0 aromatic heterocycles. The van der Waals surface area contributed by atoms with Crippen LogP contribution in [-0.2, 0) is 6.54 Å². The van der Waals surface area contributed by atoms with Crippen molar-refractivity contribution in [2.75, 3.05) is 20.1 Å². The van der Waals surface area contributed by atoms with Crippen LogP contribution in [0.15, 0.2) is 24.3 Å². The number of hydrogen-bond donors (Lipinski definition) is 1. The van der Waals surface area contributed by atoms with Gasteiger partial charge in [-0.25, -0.2) is 4.39 Å². The Morgan fingerprint density at radius 3 is 2.79 bits per heavy atom. The molecule has 1 aliphatic heterocycles. The van der Waals surface area contributed by atoms with Crippen molar-refractivity contribution in [2.45, 2.75) is 12.6 Å². The summed E-state index contributed by atoms with van der Waals surface area (Å²) in [7, 11) is 2.08. The molecule has 0 unspecified atom stereocenters. The Morgan fingerprint density at radius 1 is 1.43 bits per heavy atom. The van der Waals surface area contributed by atoms with Gasteiger partial charge < -0.3 is 10.2 Å². The number of likely N-dealkylation sites (tertiary alicyclic amines) is 1. The normalized spacial score (nSPS) is 18.1. The van der Waals surface area contributed by atoms with E-state index in [1.165, 1.54) is 6.07 Å². The summed E-state index contributed by atoms with van der Waals surface area (Å²) in [6.45, 7) is 2.76. The van der Waals surface area contributed by atoms with Gasteiger partial charge in [0.15, 0.2) is 0 Å². The number of nitrogens with one attached hydrogen (secondary N) is 1. The summed E-state index contributed by atoms with van der Waals surface area (Å²) in [5.41, 5.74) is 0.752. The molecule has 3 heteroatoms. The highest BCUT2D eigenvalue weighted by molar-refractivity contribution is 5.17. The lowest BCUT2D eigenvalue weighted by atomic mass is 10.1. The average Bonchev–Trinajstić information content (AvgIpc) is 2.13. The molecule has 0 spiro atoms. The lowest BCUT2D eigenvalue weighted by molar-refractivity contribution is 0.160. The Bertz CT molecular complexity index is 308. The summed E-state index contributed by atoms with van der Waals surface area (Å²) >= 11 is 0. The predicted octanol–water partition coefficient (Wildman–Crippen LogP) is 1.23. The van der Waals surface area contributed by atoms with Crippen LogP contribution in [0.5, 0.6) is 0 Å². The predicted molar refractivity (Wildman–Crippen MR) is 54.5 cm³/mol. The van der Waals surface area contributed by atoms with Crippen LogP contribution >= 0.6 is 0 Å². The van der Waals surface area contributed by atoms with E-state index in [1.807, 2.05) is 12.1 Å². The minimum atomic E-state index is -0.118. The third kappa shape index (κ3) is 2.11. The van der Waals surface area contributed by atoms with Gasteiger partial charge in [-0.2, -0.15) is 0 Å². The minimum absolute atomic E-state index is 0.118. The minimum Gasteiger partial charge on any atom is -0.307 e. The molecular formula is C11H15FN2. The third-order valence-corrected chi connectivity index (χ3v) is 2.60. The van der Waals surface area contributed by atoms with Gasteiger partial charge in [0.05, 0.1) is 0 Å². The third-order valence-electron chi connectivity index (χ3n) is 2.60. The second-order valence-electron chi connectivity index (χ2n) is 3.89. The molecule has 1 aliphatic rings. The molecule has 1 N–H and O–H groups in total. The summed E-state index contributed by atoms with van der Waals surface area (Å²) in [6.07, 6.45) is 0. The van der Waals surface area contributed by atoms with Crippen molar-refractivity contribution in [3.05, 3.63) is 35.6 Å². The Morgan fingerprint density at radius 2 is 2.14 bits per heavy atom. The molecule has 0 aliphatic carbocycles. The van der Waals surface area contributed by atoms with Gasteiger partial charge in [-0.1, -0.05) is 18.2 Å². The Hall–Kier alpha value is -0.930. The number of rotatable bonds is 3. The quantitative estimate of drug-likeness (QED) is 0.778. The topological polar surface area (TPSA) is 15.3 Å². The van der Waals surface area contributed by atoms with Crippen LogP contribution in [0, 0.1) is 5.82 Å². The van der Waals surface area contributed by atoms with E-state index in [9.17, 15) is 4.39 Å². The first-order valence-corrected chi connectivity index (χ1v) is 4.91. The number of halogens is 1. The van der Waals surface area contributed by atoms with Crippen LogP contribution in [0.1, 0.15) is 5.56 Å². The summed E-state index contributed by atoms with van der Waals surface area (Å²) in [4.78, 5) is 2.24. The Balaban J connectivity index is 1.83. The summed E-state index contributed by atoms with van der Waals surface area (Å²) in [6, 6.07) is 7.44. The fourth-order valence-corrected chi connectivity index (χ4v) is 1.72. The van der Waals surface area contributed by atoms with E-state index in [4.69, 9.17) is 0 Å². The van der Waals surface area contributed by atoms with Gasteiger partial charge in [0, 0.05) is 31.2 Å². The molecule has 1 heterocycles. The van der Waals surface area contributed by atoms with Gasteiger partial charge in [-0.05, 0) is 13.1 Å². The highest BCUT2D eigenvalue weighted by Crippen LogP contribution is 2.08. The zero-order chi connectivity index (χ0) is 9.97. The van der Waals surface area contributed by atoms with Crippen LogP contribution < -0.4 is 5.32 Å². The van der Waals surface area contributed by atoms with E-state index in [-0.39, 0.29) is 5.82 Å². The lowest BCUT2D eigenvalue weighted by Crippen LogP contribution is -2.55. The molecule has 1 fully saturated rings. The molecular weight excluding hydrogens is 179 g/mol. The van der Waals surface area contributed by atoms with Crippen LogP contribution in [0.25, 0.3) is 0 Å². The maximum Gasteiger partial charge on any atom is 0.127 e. The molecule has 0 amide bonds. The largest absolute Gasteiger partial charge is 0.307 e. The maximum atomic E-state index is 13.2. The highest BCUT2D eigenvalue weighted by Gasteiger charge is 2.22. The maximum absolute atomic E-state index is 13.2. The van der Waals surface area contributed by atoms with Crippen LogP contribution in [0.2, 0.25) is 0 Å². The first-order valence-electron chi connectivity index (χ1n) is 4.91. The second-order valence-corrected chi connectivity index (χ2v) is 3.89. The number of nitrogens with zero attached hydrogens (tertiary/aromatic N) is 1. The monoisotopic (exact) mass is 194 g/mol. The van der Waals surface area contributed by atoms with Crippen molar-refractivity contribution in [1.29, 1.82) is 0 Å². The molecule has 1 aromatic carbocycles. The van der Waals surface area contributed by atoms with Crippen molar-refractivity contribution in [1.82, 2.24) is 10.2 Å². The summed E-state index contributed by atoms with van der Waals surface area (Å²) in [5.74, 6) is -0.118. The fraction of sp³-hybridized carbons (Fsp3) is 0.455. The average molecular weight is 194 g/mol. The van der Waals surface area contributed by atoms with Crippen molar-refractivity contribution in [3.63, 3.8) is 0 Å². The zero-order valence-corrected chi connectivity index (χ0v) is 8.33. The van der Waals surface area contributed by atoms with Crippen LogP contribution in [0.3, 0.4) is 0 Å². The molecule has 0 bridgehead atoms. The van der Waals surface area contributed by atoms with E-state index >= 15 is 0 Å². The fourth-order valence-electron chi connectivity index (χ4n) is 1.72. The number of likely N-dealkylation sites (N-methyl/N-ethyl adjacent to an activating group) is 1. The highest BCUT2D eigenvalue weighted by atomic mass is 19.1. The second kappa shape index (κ2) is 4.07. The van der Waals surface area contributed by atoms with Crippen LogP contribution in [0.4, 0.5) is 4.39 Å². The number of benzene rings is 1. The standard InChI is InChI=1S/C11H15FN2/c1-14-7-10(8-14)13-6-9-4-2-3-5-11(9)12/h2-5,10,13H,6-8H2,1H3. The first-order chi connectivity index (χ1) is 6.75. The van der Waals surface area contributed by atoms with E-state index < -0.39 is 0 Å². The van der Waals surface area contributed by atoms with Crippen molar-refractivity contribution < 1.29 is 4.39 Å². The van der Waals surface area contributed by atoms with Crippen molar-refractivity contribution >= 4 is 0 Å². The van der Waals surface area contributed by atoms with Gasteiger partial charge in [-0.3, -0.25) is 0 Å². The lowest BCUT2D eigenvalue weighted by Gasteiger charge is -2.36. The van der Waals surface area contributed by atoms with Gasteiger partial charge in [0.2, 0.25) is 0 Å². The number of hydrogen-bond acceptors (Lipinski definition) is 2. The van der Waals surface area contributed by atoms with Crippen molar-refractivity contribution in [3.8, 4) is 0 Å². The molecule has 2 nitrogen and oxygen atoms in total. The molecule has 0 saturated carbocycles. The molecule has 76 valence electrons. The Labute approximate surface area is 83.7 Å². The molecule has 14 heavy (non-hydrogen) atoms. The SMILES string of the molecule is CN1CC(NCc2ccccc2F)C1. The molecule has 0 radical (unpaired) electrons. The molecule has 1 saturated heterocycles. The van der Waals surface area contributed by atoms with Gasteiger partial charge in [-0.15, -0.1) is 0 Å². The summed E-state index contributed by atoms with van der Waals surface area (Å²) in [5, 5.41) is 3.32. The smallest absolute Gasteiger partial charge is 0.127 e. The molecule has 0 atom stereocenters. The first kappa shape index (κ1) is 9.62. The Kier molecular flexibility index (Phi) is 2.79. The van der Waals surface area contributed by atoms with E-state index in [1.54, 1.807) is 6.07 Å². The van der Waals surface area contributed by atoms with E-state index in [0.29, 0.717) is 12.6 Å².